The zero-order valence-electron chi connectivity index (χ0n) is 11.0. The van der Waals surface area contributed by atoms with Crippen LogP contribution in [0.3, 0.4) is 0 Å². The Balaban J connectivity index is 2.75. The molecule has 0 heterocycles. The Hall–Kier alpha value is -1.96. The number of hydrogen-bond acceptors (Lipinski definition) is 4. The molecule has 0 radical (unpaired) electrons. The van der Waals surface area contributed by atoms with Gasteiger partial charge in [0.25, 0.3) is 0 Å². The zero-order chi connectivity index (χ0) is 15.0. The van der Waals surface area contributed by atoms with Gasteiger partial charge >= 0.3 is 6.61 Å². The van der Waals surface area contributed by atoms with Crippen molar-refractivity contribution in [3.8, 4) is 11.5 Å². The van der Waals surface area contributed by atoms with Crippen LogP contribution < -0.4 is 20.2 Å². The molecular formula is C12H15F2N3O2S. The number of hydrazone groups is 1. The van der Waals surface area contributed by atoms with Gasteiger partial charge in [-0.3, -0.25) is 5.43 Å². The second-order valence-electron chi connectivity index (χ2n) is 3.52. The minimum absolute atomic E-state index is 0.0549. The van der Waals surface area contributed by atoms with Crippen LogP contribution in [-0.4, -0.2) is 31.6 Å². The minimum Gasteiger partial charge on any atom is -0.493 e. The molecule has 2 N–H and O–H groups in total. The van der Waals surface area contributed by atoms with Crippen LogP contribution in [0.25, 0.3) is 0 Å². The molecule has 0 aliphatic heterocycles. The lowest BCUT2D eigenvalue weighted by Crippen LogP contribution is -2.31. The topological polar surface area (TPSA) is 54.9 Å². The fourth-order valence-electron chi connectivity index (χ4n) is 1.33. The molecule has 1 aromatic carbocycles. The van der Waals surface area contributed by atoms with Crippen molar-refractivity contribution in [3.63, 3.8) is 0 Å². The molecule has 0 atom stereocenters. The highest BCUT2D eigenvalue weighted by Gasteiger charge is 2.10. The van der Waals surface area contributed by atoms with Crippen molar-refractivity contribution >= 4 is 23.5 Å². The van der Waals surface area contributed by atoms with Crippen molar-refractivity contribution in [2.45, 2.75) is 13.5 Å². The van der Waals surface area contributed by atoms with Gasteiger partial charge < -0.3 is 14.8 Å². The van der Waals surface area contributed by atoms with E-state index in [4.69, 9.17) is 17.0 Å². The van der Waals surface area contributed by atoms with E-state index in [0.717, 1.165) is 0 Å². The van der Waals surface area contributed by atoms with Gasteiger partial charge in [-0.15, -0.1) is 0 Å². The van der Waals surface area contributed by atoms with Crippen LogP contribution in [0.15, 0.2) is 23.3 Å². The van der Waals surface area contributed by atoms with E-state index >= 15 is 0 Å². The molecule has 1 rings (SSSR count). The Morgan fingerprint density at radius 2 is 2.20 bits per heavy atom. The quantitative estimate of drug-likeness (QED) is 0.479. The van der Waals surface area contributed by atoms with Gasteiger partial charge in [-0.2, -0.15) is 13.9 Å². The van der Waals surface area contributed by atoms with E-state index in [-0.39, 0.29) is 11.5 Å². The summed E-state index contributed by atoms with van der Waals surface area (Å²) in [5.41, 5.74) is 3.15. The lowest BCUT2D eigenvalue weighted by Gasteiger charge is -2.10. The monoisotopic (exact) mass is 303 g/mol. The van der Waals surface area contributed by atoms with Crippen molar-refractivity contribution in [2.75, 3.05) is 13.7 Å². The van der Waals surface area contributed by atoms with Crippen LogP contribution in [0.5, 0.6) is 11.5 Å². The number of halogens is 2. The summed E-state index contributed by atoms with van der Waals surface area (Å²) < 4.78 is 33.8. The van der Waals surface area contributed by atoms with E-state index < -0.39 is 6.61 Å². The Labute approximate surface area is 121 Å². The molecule has 0 unspecified atom stereocenters. The maximum Gasteiger partial charge on any atom is 0.387 e. The van der Waals surface area contributed by atoms with E-state index in [1.807, 2.05) is 6.92 Å². The summed E-state index contributed by atoms with van der Waals surface area (Å²) >= 11 is 4.91. The average Bonchev–Trinajstić information content (AvgIpc) is 2.38. The van der Waals surface area contributed by atoms with Crippen LogP contribution in [0.4, 0.5) is 8.78 Å². The number of rotatable bonds is 6. The Morgan fingerprint density at radius 1 is 1.45 bits per heavy atom. The Bertz CT molecular complexity index is 484. The first-order chi connectivity index (χ1) is 9.56. The number of nitrogens with zero attached hydrogens (tertiary/aromatic N) is 1. The summed E-state index contributed by atoms with van der Waals surface area (Å²) in [5.74, 6) is 0.166. The standard InChI is InChI=1S/C12H15F2N3O2S/c1-3-15-12(20)17-16-7-8-4-5-9(18-2)10(6-8)19-11(13)14/h4-7,11H,3H2,1-2H3,(H2,15,17,20)/b16-7-. The predicted octanol–water partition coefficient (Wildman–Crippen LogP) is 2.11. The summed E-state index contributed by atoms with van der Waals surface area (Å²) in [6, 6.07) is 4.56. The van der Waals surface area contributed by atoms with Crippen LogP contribution in [-0.2, 0) is 0 Å². The minimum atomic E-state index is -2.92. The van der Waals surface area contributed by atoms with Gasteiger partial charge in [0, 0.05) is 6.54 Å². The maximum absolute atomic E-state index is 12.3. The molecule has 110 valence electrons. The molecule has 0 saturated heterocycles. The number of benzene rings is 1. The van der Waals surface area contributed by atoms with Crippen molar-refractivity contribution in [1.82, 2.24) is 10.7 Å². The molecule has 8 heteroatoms. The average molecular weight is 303 g/mol. The highest BCUT2D eigenvalue weighted by molar-refractivity contribution is 7.80. The third kappa shape index (κ3) is 5.35. The number of thiocarbonyl (C=S) groups is 1. The third-order valence-electron chi connectivity index (χ3n) is 2.12. The predicted molar refractivity (Wildman–Crippen MR) is 76.6 cm³/mol. The molecule has 0 spiro atoms. The lowest BCUT2D eigenvalue weighted by molar-refractivity contribution is -0.0512. The molecule has 0 aliphatic carbocycles. The van der Waals surface area contributed by atoms with E-state index in [9.17, 15) is 8.78 Å². The van der Waals surface area contributed by atoms with Gasteiger partial charge in [-0.1, -0.05) is 0 Å². The summed E-state index contributed by atoms with van der Waals surface area (Å²) in [6.45, 7) is -0.346. The van der Waals surface area contributed by atoms with E-state index in [1.54, 1.807) is 6.07 Å². The highest BCUT2D eigenvalue weighted by atomic mass is 32.1. The summed E-state index contributed by atoms with van der Waals surface area (Å²) in [6.07, 6.45) is 1.43. The molecule has 0 saturated carbocycles. The molecular weight excluding hydrogens is 288 g/mol. The van der Waals surface area contributed by atoms with Crippen molar-refractivity contribution in [2.24, 2.45) is 5.10 Å². The van der Waals surface area contributed by atoms with Gasteiger partial charge in [0.2, 0.25) is 0 Å². The van der Waals surface area contributed by atoms with E-state index in [1.165, 1.54) is 25.5 Å². The molecule has 0 fully saturated rings. The molecule has 5 nitrogen and oxygen atoms in total. The van der Waals surface area contributed by atoms with Gasteiger partial charge in [-0.25, -0.2) is 0 Å². The SMILES string of the molecule is CCNC(=S)N/N=C\c1ccc(OC)c(OC(F)F)c1. The molecule has 0 aromatic heterocycles. The number of nitrogens with one attached hydrogen (secondary N) is 2. The van der Waals surface area contributed by atoms with Gasteiger partial charge in [-0.05, 0) is 42.9 Å². The van der Waals surface area contributed by atoms with E-state index in [0.29, 0.717) is 17.2 Å². The maximum atomic E-state index is 12.3. The van der Waals surface area contributed by atoms with E-state index in [2.05, 4.69) is 20.6 Å². The Kier molecular flexibility index (Phi) is 6.65. The second kappa shape index (κ2) is 8.26. The van der Waals surface area contributed by atoms with Crippen LogP contribution in [0.1, 0.15) is 12.5 Å². The zero-order valence-corrected chi connectivity index (χ0v) is 11.8. The largest absolute Gasteiger partial charge is 0.493 e. The Morgan fingerprint density at radius 3 is 2.80 bits per heavy atom. The molecule has 1 aromatic rings. The fraction of sp³-hybridized carbons (Fsp3) is 0.333. The number of alkyl halides is 2. The summed E-state index contributed by atoms with van der Waals surface area (Å²) in [4.78, 5) is 0. The normalized spacial score (nSPS) is 10.7. The second-order valence-corrected chi connectivity index (χ2v) is 3.93. The molecule has 0 bridgehead atoms. The van der Waals surface area contributed by atoms with Crippen LogP contribution >= 0.6 is 12.2 Å². The smallest absolute Gasteiger partial charge is 0.387 e. The number of methoxy groups -OCH3 is 1. The van der Waals surface area contributed by atoms with Crippen molar-refractivity contribution in [1.29, 1.82) is 0 Å². The summed E-state index contributed by atoms with van der Waals surface area (Å²) in [5, 5.41) is 7.10. The lowest BCUT2D eigenvalue weighted by atomic mass is 10.2. The first-order valence-electron chi connectivity index (χ1n) is 5.76. The van der Waals surface area contributed by atoms with Crippen molar-refractivity contribution in [3.05, 3.63) is 23.8 Å². The summed E-state index contributed by atoms with van der Waals surface area (Å²) in [7, 11) is 1.37. The fourth-order valence-corrected chi connectivity index (χ4v) is 1.52. The van der Waals surface area contributed by atoms with Crippen LogP contribution in [0.2, 0.25) is 0 Å². The molecule has 20 heavy (non-hydrogen) atoms. The van der Waals surface area contributed by atoms with Crippen molar-refractivity contribution < 1.29 is 18.3 Å². The number of ether oxygens (including phenoxy) is 2. The molecule has 0 amide bonds. The number of hydrogen-bond donors (Lipinski definition) is 2. The molecule has 0 aliphatic rings. The highest BCUT2D eigenvalue weighted by Crippen LogP contribution is 2.28. The van der Waals surface area contributed by atoms with Gasteiger partial charge in [0.05, 0.1) is 13.3 Å². The third-order valence-corrected chi connectivity index (χ3v) is 2.36. The van der Waals surface area contributed by atoms with Gasteiger partial charge in [0.1, 0.15) is 0 Å². The van der Waals surface area contributed by atoms with Gasteiger partial charge in [0.15, 0.2) is 16.6 Å². The first-order valence-corrected chi connectivity index (χ1v) is 6.17. The first kappa shape index (κ1) is 16.1. The van der Waals surface area contributed by atoms with Crippen LogP contribution in [0, 0.1) is 0 Å².